The summed E-state index contributed by atoms with van der Waals surface area (Å²) in [5, 5.41) is 26.6. The van der Waals surface area contributed by atoms with Crippen molar-refractivity contribution in [3.8, 4) is 23.0 Å². The number of halogens is 2. The molecule has 0 fully saturated rings. The average Bonchev–Trinajstić information content (AvgIpc) is 3.29. The summed E-state index contributed by atoms with van der Waals surface area (Å²) < 4.78 is 21.7. The van der Waals surface area contributed by atoms with Crippen molar-refractivity contribution in [3.63, 3.8) is 0 Å². The first-order valence-corrected chi connectivity index (χ1v) is 12.2. The second-order valence-electron chi connectivity index (χ2n) is 6.63. The average molecular weight is 552 g/mol. The van der Waals surface area contributed by atoms with Crippen molar-refractivity contribution in [1.29, 1.82) is 0 Å². The van der Waals surface area contributed by atoms with Crippen LogP contribution in [0.4, 0.5) is 5.69 Å². The molecule has 2 rings (SSSR count). The van der Waals surface area contributed by atoms with Crippen molar-refractivity contribution in [3.05, 3.63) is 43.8 Å². The Bertz CT molecular complexity index is 1100. The van der Waals surface area contributed by atoms with Crippen LogP contribution in [0.25, 0.3) is 17.0 Å². The second-order valence-corrected chi connectivity index (χ2v) is 8.64. The van der Waals surface area contributed by atoms with Crippen molar-refractivity contribution in [2.45, 2.75) is 34.1 Å². The van der Waals surface area contributed by atoms with Crippen LogP contribution in [0, 0.1) is 10.1 Å². The van der Waals surface area contributed by atoms with Crippen molar-refractivity contribution < 1.29 is 38.4 Å². The van der Waals surface area contributed by atoms with Gasteiger partial charge >= 0.3 is 14.3 Å². The van der Waals surface area contributed by atoms with Crippen LogP contribution in [0.15, 0.2) is 32.4 Å². The SMILES string of the molecule is CCOP(OCC)Oc1cc(-c2nc(C(=C(\Cl)[NH2+]OC)/C(C)=C(/Cl)CC)no2)cc([N+](=O)[O-])c1O. The molecule has 0 amide bonds. The molecule has 0 bridgehead atoms. The highest BCUT2D eigenvalue weighted by molar-refractivity contribution is 7.42. The van der Waals surface area contributed by atoms with E-state index in [4.69, 9.17) is 46.1 Å². The van der Waals surface area contributed by atoms with Crippen LogP contribution < -0.4 is 10.0 Å². The molecule has 2 aromatic rings. The van der Waals surface area contributed by atoms with Gasteiger partial charge in [0.05, 0.1) is 30.8 Å². The number of nitro groups is 1. The number of hydrogen-bond acceptors (Lipinski definition) is 10. The van der Waals surface area contributed by atoms with E-state index in [1.165, 1.54) is 18.7 Å². The summed E-state index contributed by atoms with van der Waals surface area (Å²) in [6.07, 6.45) is 0.534. The van der Waals surface area contributed by atoms with Crippen LogP contribution >= 0.6 is 31.8 Å². The Morgan fingerprint density at radius 1 is 1.26 bits per heavy atom. The zero-order chi connectivity index (χ0) is 26.1. The predicted octanol–water partition coefficient (Wildman–Crippen LogP) is 4.98. The Kier molecular flexibility index (Phi) is 11.3. The molecule has 0 aliphatic carbocycles. The Hall–Kier alpha value is -2.31. The van der Waals surface area contributed by atoms with E-state index in [0.29, 0.717) is 22.6 Å². The third-order valence-electron chi connectivity index (χ3n) is 4.34. The highest BCUT2D eigenvalue weighted by Gasteiger charge is 2.28. The van der Waals surface area contributed by atoms with Gasteiger partial charge in [-0.05, 0) is 50.4 Å². The van der Waals surface area contributed by atoms with E-state index in [-0.39, 0.29) is 41.4 Å². The molecule has 192 valence electrons. The van der Waals surface area contributed by atoms with Gasteiger partial charge in [-0.15, -0.1) is 0 Å². The van der Waals surface area contributed by atoms with E-state index in [1.54, 1.807) is 20.8 Å². The number of nitrogens with zero attached hydrogens (tertiary/aromatic N) is 3. The molecule has 3 N–H and O–H groups in total. The molecule has 0 saturated carbocycles. The van der Waals surface area contributed by atoms with Gasteiger partial charge < -0.3 is 23.2 Å². The first-order valence-electron chi connectivity index (χ1n) is 10.4. The van der Waals surface area contributed by atoms with Gasteiger partial charge in [-0.2, -0.15) is 10.5 Å². The maximum atomic E-state index is 11.6. The highest BCUT2D eigenvalue weighted by atomic mass is 35.5. The van der Waals surface area contributed by atoms with Gasteiger partial charge in [0.2, 0.25) is 16.7 Å². The number of phenols is 1. The number of allylic oxidation sites excluding steroid dienone is 3. The number of hydroxylamine groups is 1. The lowest BCUT2D eigenvalue weighted by molar-refractivity contribution is -0.847. The third kappa shape index (κ3) is 7.34. The van der Waals surface area contributed by atoms with Crippen molar-refractivity contribution in [1.82, 2.24) is 10.1 Å². The number of aromatic nitrogens is 2. The smallest absolute Gasteiger partial charge is 0.397 e. The number of rotatable bonds is 13. The van der Waals surface area contributed by atoms with Gasteiger partial charge in [-0.25, -0.2) is 4.84 Å². The molecule has 35 heavy (non-hydrogen) atoms. The second kappa shape index (κ2) is 13.7. The minimum absolute atomic E-state index is 0.0754. The van der Waals surface area contributed by atoms with Gasteiger partial charge in [-0.3, -0.25) is 10.1 Å². The van der Waals surface area contributed by atoms with Crippen molar-refractivity contribution in [2.24, 2.45) is 0 Å². The molecule has 0 radical (unpaired) electrons. The maximum Gasteiger partial charge on any atom is 0.397 e. The lowest BCUT2D eigenvalue weighted by atomic mass is 10.1. The molecular weight excluding hydrogens is 526 g/mol. The predicted molar refractivity (Wildman–Crippen MR) is 129 cm³/mol. The summed E-state index contributed by atoms with van der Waals surface area (Å²) in [4.78, 5) is 20.1. The summed E-state index contributed by atoms with van der Waals surface area (Å²) in [5.74, 6) is -0.956. The molecule has 0 atom stereocenters. The molecule has 0 aliphatic rings. The van der Waals surface area contributed by atoms with Crippen LogP contribution in [0.5, 0.6) is 11.5 Å². The third-order valence-corrected chi connectivity index (χ3v) is 6.46. The van der Waals surface area contributed by atoms with E-state index >= 15 is 0 Å². The molecule has 0 unspecified atom stereocenters. The molecule has 0 aliphatic heterocycles. The van der Waals surface area contributed by atoms with Gasteiger partial charge in [-0.1, -0.05) is 23.7 Å². The molecule has 1 aromatic carbocycles. The van der Waals surface area contributed by atoms with Gasteiger partial charge in [0.1, 0.15) is 5.57 Å². The number of hydrogen-bond donors (Lipinski definition) is 2. The summed E-state index contributed by atoms with van der Waals surface area (Å²) in [6, 6.07) is 2.39. The lowest BCUT2D eigenvalue weighted by Crippen LogP contribution is -2.79. The Balaban J connectivity index is 2.61. The van der Waals surface area contributed by atoms with Crippen molar-refractivity contribution in [2.75, 3.05) is 20.3 Å². The van der Waals surface area contributed by atoms with E-state index in [0.717, 1.165) is 6.07 Å². The molecule has 1 heterocycles. The number of quaternary nitrogens is 1. The molecule has 15 heteroatoms. The summed E-state index contributed by atoms with van der Waals surface area (Å²) in [6.45, 7) is 7.61. The monoisotopic (exact) mass is 551 g/mol. The number of benzene rings is 1. The minimum atomic E-state index is -1.92. The van der Waals surface area contributed by atoms with Gasteiger partial charge in [0, 0.05) is 11.1 Å². The van der Waals surface area contributed by atoms with E-state index < -0.39 is 25.0 Å². The van der Waals surface area contributed by atoms with E-state index in [2.05, 4.69) is 10.1 Å². The normalized spacial score (nSPS) is 13.0. The summed E-state index contributed by atoms with van der Waals surface area (Å²) in [7, 11) is -0.486. The fraction of sp³-hybridized carbons (Fsp3) is 0.400. The zero-order valence-corrected chi connectivity index (χ0v) is 22.1. The van der Waals surface area contributed by atoms with E-state index in [1.807, 2.05) is 6.92 Å². The first-order chi connectivity index (χ1) is 16.7. The van der Waals surface area contributed by atoms with Crippen LogP contribution in [-0.2, 0) is 13.9 Å². The number of nitro benzene ring substituents is 1. The zero-order valence-electron chi connectivity index (χ0n) is 19.7. The van der Waals surface area contributed by atoms with Crippen LogP contribution in [0.3, 0.4) is 0 Å². The minimum Gasteiger partial charge on any atom is -0.500 e. The molecule has 12 nitrogen and oxygen atoms in total. The molecular formula is C20H26Cl2N4O8P+. The van der Waals surface area contributed by atoms with Crippen LogP contribution in [0.1, 0.15) is 39.9 Å². The highest BCUT2D eigenvalue weighted by Crippen LogP contribution is 2.48. The van der Waals surface area contributed by atoms with Gasteiger partial charge in [0.25, 0.3) is 5.89 Å². The fourth-order valence-electron chi connectivity index (χ4n) is 2.77. The van der Waals surface area contributed by atoms with Crippen LogP contribution in [-0.4, -0.2) is 40.5 Å². The largest absolute Gasteiger partial charge is 0.500 e. The number of aromatic hydroxyl groups is 1. The molecule has 1 aromatic heterocycles. The topological polar surface area (TPSA) is 156 Å². The quantitative estimate of drug-likeness (QED) is 0.114. The van der Waals surface area contributed by atoms with Crippen LogP contribution in [0.2, 0.25) is 0 Å². The summed E-state index contributed by atoms with van der Waals surface area (Å²) in [5.41, 5.74) is 1.72. The number of nitrogens with two attached hydrogens (primary N) is 1. The Morgan fingerprint density at radius 3 is 2.46 bits per heavy atom. The Labute approximate surface area is 212 Å². The van der Waals surface area contributed by atoms with Crippen molar-refractivity contribution >= 4 is 43.1 Å². The first kappa shape index (κ1) is 28.9. The standard InChI is InChI=1S/C20H25Cl2N4O8P/c1-6-13(21)11(4)16(18(22)24-30-5)19-23-20(33-25-19)12-9-14(26(28)29)17(27)15(10-12)34-35(31-7-2)32-8-3/h9-10,24,27H,6-8H2,1-5H3/p+1/b13-11+,18-16+. The molecule has 0 saturated heterocycles. The lowest BCUT2D eigenvalue weighted by Gasteiger charge is -2.16. The number of phenolic OH excluding ortho intramolecular Hbond substituents is 1. The molecule has 0 spiro atoms. The maximum absolute atomic E-state index is 11.6. The fourth-order valence-corrected chi connectivity index (χ4v) is 4.08. The van der Waals surface area contributed by atoms with E-state index in [9.17, 15) is 15.2 Å². The summed E-state index contributed by atoms with van der Waals surface area (Å²) >= 11 is 12.7. The Morgan fingerprint density at radius 2 is 1.91 bits per heavy atom. The van der Waals surface area contributed by atoms with Gasteiger partial charge in [0.15, 0.2) is 5.75 Å².